The lowest BCUT2D eigenvalue weighted by molar-refractivity contribution is -0.955. The highest BCUT2D eigenvalue weighted by molar-refractivity contribution is 5.24. The SMILES string of the molecule is OC[C@@H]1CCC[N+]1(Cc1ccc(C(F)(F)F)cc1)CC1CCCCC1. The zero-order valence-electron chi connectivity index (χ0n) is 14.8. The minimum atomic E-state index is -4.28. The monoisotopic (exact) mass is 356 g/mol. The van der Waals surface area contributed by atoms with Gasteiger partial charge in [0.1, 0.15) is 12.6 Å². The van der Waals surface area contributed by atoms with Crippen molar-refractivity contribution in [2.24, 2.45) is 5.92 Å². The summed E-state index contributed by atoms with van der Waals surface area (Å²) >= 11 is 0. The molecule has 2 aliphatic rings. The number of benzene rings is 1. The van der Waals surface area contributed by atoms with Crippen LogP contribution in [-0.4, -0.2) is 35.3 Å². The highest BCUT2D eigenvalue weighted by Crippen LogP contribution is 2.36. The van der Waals surface area contributed by atoms with Crippen LogP contribution in [0.1, 0.15) is 56.1 Å². The normalized spacial score (nSPS) is 28.4. The van der Waals surface area contributed by atoms with Crippen molar-refractivity contribution in [2.75, 3.05) is 19.7 Å². The molecular weight excluding hydrogens is 327 g/mol. The molecule has 0 spiro atoms. The van der Waals surface area contributed by atoms with E-state index in [0.717, 1.165) is 42.5 Å². The third-order valence-electron chi connectivity index (χ3n) is 6.25. The van der Waals surface area contributed by atoms with Crippen LogP contribution in [0.4, 0.5) is 13.2 Å². The molecule has 1 unspecified atom stereocenters. The minimum absolute atomic E-state index is 0.174. The Morgan fingerprint density at radius 2 is 1.64 bits per heavy atom. The molecule has 2 nitrogen and oxygen atoms in total. The molecule has 1 saturated carbocycles. The lowest BCUT2D eigenvalue weighted by atomic mass is 9.88. The average molecular weight is 356 g/mol. The van der Waals surface area contributed by atoms with Crippen LogP contribution in [0.5, 0.6) is 0 Å². The summed E-state index contributed by atoms with van der Waals surface area (Å²) in [6.45, 7) is 3.00. The Balaban J connectivity index is 1.77. The number of quaternary nitrogens is 1. The van der Waals surface area contributed by atoms with Gasteiger partial charge in [-0.05, 0) is 25.0 Å². The predicted molar refractivity (Wildman–Crippen MR) is 91.8 cm³/mol. The smallest absolute Gasteiger partial charge is 0.390 e. The second-order valence-electron chi connectivity index (χ2n) is 7.96. The summed E-state index contributed by atoms with van der Waals surface area (Å²) in [6.07, 6.45) is 4.23. The molecule has 1 aromatic carbocycles. The fourth-order valence-electron chi connectivity index (χ4n) is 4.92. The van der Waals surface area contributed by atoms with Crippen molar-refractivity contribution in [1.29, 1.82) is 0 Å². The summed E-state index contributed by atoms with van der Waals surface area (Å²) in [4.78, 5) is 0. The first-order valence-corrected chi connectivity index (χ1v) is 9.56. The molecule has 2 atom stereocenters. The van der Waals surface area contributed by atoms with Gasteiger partial charge < -0.3 is 9.59 Å². The number of likely N-dealkylation sites (tertiary alicyclic amines) is 1. The van der Waals surface area contributed by atoms with Crippen molar-refractivity contribution < 1.29 is 22.8 Å². The standard InChI is InChI=1S/C20H29F3NO/c21-20(22,23)18-10-8-17(9-11-18)14-24(12-4-7-19(24)15-25)13-16-5-2-1-3-6-16/h8-11,16,19,25H,1-7,12-15H2/q+1/t19-,24?/m0/s1. The average Bonchev–Trinajstić information content (AvgIpc) is 2.97. The Kier molecular flexibility index (Phi) is 5.74. The maximum Gasteiger partial charge on any atom is 0.416 e. The number of aliphatic hydroxyl groups excluding tert-OH is 1. The van der Waals surface area contributed by atoms with Gasteiger partial charge in [0.05, 0.1) is 25.3 Å². The molecule has 1 heterocycles. The zero-order valence-corrected chi connectivity index (χ0v) is 14.8. The summed E-state index contributed by atoms with van der Waals surface area (Å²) in [6, 6.07) is 5.85. The van der Waals surface area contributed by atoms with Gasteiger partial charge in [-0.15, -0.1) is 0 Å². The van der Waals surface area contributed by atoms with Gasteiger partial charge in [0.25, 0.3) is 0 Å². The summed E-state index contributed by atoms with van der Waals surface area (Å²) in [5.41, 5.74) is 0.361. The predicted octanol–water partition coefficient (Wildman–Crippen LogP) is 4.76. The molecule has 1 N–H and O–H groups in total. The van der Waals surface area contributed by atoms with Gasteiger partial charge in [-0.1, -0.05) is 31.4 Å². The molecule has 1 saturated heterocycles. The number of rotatable bonds is 5. The number of alkyl halides is 3. The van der Waals surface area contributed by atoms with Crippen molar-refractivity contribution in [3.63, 3.8) is 0 Å². The van der Waals surface area contributed by atoms with Crippen LogP contribution < -0.4 is 0 Å². The van der Waals surface area contributed by atoms with Crippen LogP contribution in [0, 0.1) is 5.92 Å². The Morgan fingerprint density at radius 3 is 2.24 bits per heavy atom. The third-order valence-corrected chi connectivity index (χ3v) is 6.25. The van der Waals surface area contributed by atoms with Crippen LogP contribution >= 0.6 is 0 Å². The van der Waals surface area contributed by atoms with Crippen molar-refractivity contribution in [3.05, 3.63) is 35.4 Å². The molecule has 0 aromatic heterocycles. The lowest BCUT2D eigenvalue weighted by Gasteiger charge is -2.43. The van der Waals surface area contributed by atoms with Crippen LogP contribution in [0.25, 0.3) is 0 Å². The molecule has 5 heteroatoms. The highest BCUT2D eigenvalue weighted by atomic mass is 19.4. The maximum atomic E-state index is 12.8. The molecule has 1 aliphatic heterocycles. The first-order chi connectivity index (χ1) is 11.9. The molecule has 0 bridgehead atoms. The van der Waals surface area contributed by atoms with Crippen LogP contribution in [0.15, 0.2) is 24.3 Å². The summed E-state index contributed by atoms with van der Waals surface area (Å²) in [5.74, 6) is 0.690. The lowest BCUT2D eigenvalue weighted by Crippen LogP contribution is -2.55. The Morgan fingerprint density at radius 1 is 0.960 bits per heavy atom. The second-order valence-corrected chi connectivity index (χ2v) is 7.96. The minimum Gasteiger partial charge on any atom is -0.390 e. The molecular formula is C20H29F3NO+. The topological polar surface area (TPSA) is 20.2 Å². The largest absolute Gasteiger partial charge is 0.416 e. The number of nitrogens with zero attached hydrogens (tertiary/aromatic N) is 1. The summed E-state index contributed by atoms with van der Waals surface area (Å²) in [7, 11) is 0. The fraction of sp³-hybridized carbons (Fsp3) is 0.700. The number of hydrogen-bond acceptors (Lipinski definition) is 1. The van der Waals surface area contributed by atoms with E-state index in [0.29, 0.717) is 5.92 Å². The molecule has 0 radical (unpaired) electrons. The maximum absolute atomic E-state index is 12.8. The molecule has 140 valence electrons. The van der Waals surface area contributed by atoms with E-state index in [1.807, 2.05) is 0 Å². The molecule has 1 aromatic rings. The van der Waals surface area contributed by atoms with Gasteiger partial charge in [0, 0.05) is 24.3 Å². The van der Waals surface area contributed by atoms with E-state index in [1.54, 1.807) is 12.1 Å². The van der Waals surface area contributed by atoms with Gasteiger partial charge in [-0.25, -0.2) is 0 Å². The van der Waals surface area contributed by atoms with Crippen molar-refractivity contribution in [1.82, 2.24) is 0 Å². The summed E-state index contributed by atoms with van der Waals surface area (Å²) < 4.78 is 39.2. The van der Waals surface area contributed by atoms with Crippen LogP contribution in [0.2, 0.25) is 0 Å². The molecule has 0 amide bonds. The van der Waals surface area contributed by atoms with E-state index in [4.69, 9.17) is 0 Å². The zero-order chi connectivity index (χ0) is 17.9. The van der Waals surface area contributed by atoms with Gasteiger partial charge in [-0.2, -0.15) is 13.2 Å². The summed E-state index contributed by atoms with van der Waals surface area (Å²) in [5, 5.41) is 9.90. The van der Waals surface area contributed by atoms with Gasteiger partial charge >= 0.3 is 6.18 Å². The van der Waals surface area contributed by atoms with Crippen molar-refractivity contribution >= 4 is 0 Å². The van der Waals surface area contributed by atoms with Crippen LogP contribution in [-0.2, 0) is 12.7 Å². The Labute approximate surface area is 148 Å². The number of hydrogen-bond donors (Lipinski definition) is 1. The van der Waals surface area contributed by atoms with E-state index >= 15 is 0 Å². The molecule has 1 aliphatic carbocycles. The Hall–Kier alpha value is -1.07. The van der Waals surface area contributed by atoms with E-state index in [9.17, 15) is 18.3 Å². The Bertz CT molecular complexity index is 551. The second kappa shape index (κ2) is 7.67. The molecule has 2 fully saturated rings. The third kappa shape index (κ3) is 4.37. The molecule has 3 rings (SSSR count). The van der Waals surface area contributed by atoms with E-state index in [-0.39, 0.29) is 12.6 Å². The number of aliphatic hydroxyl groups is 1. The van der Waals surface area contributed by atoms with Crippen molar-refractivity contribution in [2.45, 2.75) is 63.7 Å². The quantitative estimate of drug-likeness (QED) is 0.755. The van der Waals surface area contributed by atoms with Gasteiger partial charge in [0.15, 0.2) is 0 Å². The number of halogens is 3. The highest BCUT2D eigenvalue weighted by Gasteiger charge is 2.43. The van der Waals surface area contributed by atoms with Crippen LogP contribution in [0.3, 0.4) is 0 Å². The van der Waals surface area contributed by atoms with Gasteiger partial charge in [0.2, 0.25) is 0 Å². The fourth-order valence-corrected chi connectivity index (χ4v) is 4.92. The van der Waals surface area contributed by atoms with E-state index in [1.165, 1.54) is 44.2 Å². The van der Waals surface area contributed by atoms with Crippen molar-refractivity contribution in [3.8, 4) is 0 Å². The first kappa shape index (κ1) is 18.7. The first-order valence-electron chi connectivity index (χ1n) is 9.56. The van der Waals surface area contributed by atoms with E-state index in [2.05, 4.69) is 0 Å². The van der Waals surface area contributed by atoms with Gasteiger partial charge in [-0.3, -0.25) is 0 Å². The molecule has 25 heavy (non-hydrogen) atoms. The van der Waals surface area contributed by atoms with E-state index < -0.39 is 11.7 Å².